The molecule has 1 N–H and O–H groups in total. The van der Waals surface area contributed by atoms with Crippen LogP contribution in [0.5, 0.6) is 0 Å². The van der Waals surface area contributed by atoms with Crippen molar-refractivity contribution < 1.29 is 0 Å². The molecule has 0 aromatic carbocycles. The molecule has 0 saturated carbocycles. The van der Waals surface area contributed by atoms with Crippen molar-refractivity contribution >= 4 is 5.84 Å². The predicted molar refractivity (Wildman–Crippen MR) is 52.6 cm³/mol. The standard InChI is InChI=1S/C10H20N2/c1-3-9-6-5-7-12(8-9)10(11)4-2/h9,11H,3-8H2,1-2H3. The number of likely N-dealkylation sites (tertiary alicyclic amines) is 1. The molecule has 1 aliphatic rings. The van der Waals surface area contributed by atoms with Gasteiger partial charge < -0.3 is 4.90 Å². The summed E-state index contributed by atoms with van der Waals surface area (Å²) in [7, 11) is 0. The van der Waals surface area contributed by atoms with Gasteiger partial charge in [-0.05, 0) is 18.8 Å². The van der Waals surface area contributed by atoms with Crippen molar-refractivity contribution in [1.82, 2.24) is 4.90 Å². The number of piperidine rings is 1. The van der Waals surface area contributed by atoms with E-state index in [2.05, 4.69) is 18.7 Å². The van der Waals surface area contributed by atoms with Crippen LogP contribution in [-0.4, -0.2) is 23.8 Å². The molecule has 0 aromatic rings. The van der Waals surface area contributed by atoms with Crippen LogP contribution >= 0.6 is 0 Å². The molecule has 12 heavy (non-hydrogen) atoms. The number of hydrogen-bond acceptors (Lipinski definition) is 1. The van der Waals surface area contributed by atoms with E-state index in [-0.39, 0.29) is 0 Å². The lowest BCUT2D eigenvalue weighted by Gasteiger charge is -2.33. The van der Waals surface area contributed by atoms with Crippen molar-refractivity contribution in [3.63, 3.8) is 0 Å². The third-order valence-electron chi connectivity index (χ3n) is 2.81. The van der Waals surface area contributed by atoms with Crippen molar-refractivity contribution in [1.29, 1.82) is 5.41 Å². The van der Waals surface area contributed by atoms with E-state index in [1.165, 1.54) is 19.3 Å². The molecule has 2 nitrogen and oxygen atoms in total. The Bertz CT molecular complexity index is 154. The summed E-state index contributed by atoms with van der Waals surface area (Å²) in [6, 6.07) is 0. The van der Waals surface area contributed by atoms with Gasteiger partial charge in [0.15, 0.2) is 0 Å². The predicted octanol–water partition coefficient (Wildman–Crippen LogP) is 2.50. The Balaban J connectivity index is 2.40. The first-order valence-corrected chi connectivity index (χ1v) is 5.10. The van der Waals surface area contributed by atoms with Crippen LogP contribution < -0.4 is 0 Å². The van der Waals surface area contributed by atoms with Gasteiger partial charge in [0.05, 0.1) is 5.84 Å². The molecular weight excluding hydrogens is 148 g/mol. The van der Waals surface area contributed by atoms with Crippen LogP contribution in [0.4, 0.5) is 0 Å². The third kappa shape index (κ3) is 2.23. The van der Waals surface area contributed by atoms with Gasteiger partial charge in [-0.15, -0.1) is 0 Å². The molecule has 1 aliphatic heterocycles. The van der Waals surface area contributed by atoms with Crippen LogP contribution in [0, 0.1) is 11.3 Å². The lowest BCUT2D eigenvalue weighted by molar-refractivity contribution is 0.249. The highest BCUT2D eigenvalue weighted by Crippen LogP contribution is 2.19. The maximum absolute atomic E-state index is 7.72. The van der Waals surface area contributed by atoms with Crippen LogP contribution in [-0.2, 0) is 0 Å². The highest BCUT2D eigenvalue weighted by molar-refractivity contribution is 5.78. The second kappa shape index (κ2) is 4.48. The van der Waals surface area contributed by atoms with E-state index in [1.807, 2.05) is 0 Å². The van der Waals surface area contributed by atoms with Gasteiger partial charge in [0.2, 0.25) is 0 Å². The first-order chi connectivity index (χ1) is 5.77. The van der Waals surface area contributed by atoms with Gasteiger partial charge in [0, 0.05) is 19.5 Å². The van der Waals surface area contributed by atoms with E-state index in [9.17, 15) is 0 Å². The molecule has 1 unspecified atom stereocenters. The molecule has 1 saturated heterocycles. The van der Waals surface area contributed by atoms with Crippen molar-refractivity contribution in [3.8, 4) is 0 Å². The van der Waals surface area contributed by atoms with Gasteiger partial charge in [0.1, 0.15) is 0 Å². The van der Waals surface area contributed by atoms with E-state index in [0.717, 1.165) is 31.3 Å². The normalized spacial score (nSPS) is 24.2. The summed E-state index contributed by atoms with van der Waals surface area (Å²) in [4.78, 5) is 2.25. The second-order valence-corrected chi connectivity index (χ2v) is 3.66. The van der Waals surface area contributed by atoms with Crippen LogP contribution in [0.25, 0.3) is 0 Å². The summed E-state index contributed by atoms with van der Waals surface area (Å²) in [6.07, 6.45) is 4.80. The SMILES string of the molecule is CCC(=N)N1CCCC(CC)C1. The first-order valence-electron chi connectivity index (χ1n) is 5.10. The Labute approximate surface area is 75.5 Å². The highest BCUT2D eigenvalue weighted by Gasteiger charge is 2.18. The molecule has 1 atom stereocenters. The molecule has 0 radical (unpaired) electrons. The van der Waals surface area contributed by atoms with Gasteiger partial charge in [-0.25, -0.2) is 0 Å². The molecule has 0 spiro atoms. The minimum atomic E-state index is 0.827. The molecule has 0 aromatic heterocycles. The third-order valence-corrected chi connectivity index (χ3v) is 2.81. The summed E-state index contributed by atoms with van der Waals surface area (Å²) < 4.78 is 0. The van der Waals surface area contributed by atoms with Gasteiger partial charge >= 0.3 is 0 Å². The largest absolute Gasteiger partial charge is 0.360 e. The van der Waals surface area contributed by atoms with Gasteiger partial charge in [-0.1, -0.05) is 20.3 Å². The number of rotatable bonds is 2. The van der Waals surface area contributed by atoms with Crippen molar-refractivity contribution in [2.24, 2.45) is 5.92 Å². The fourth-order valence-corrected chi connectivity index (χ4v) is 1.87. The minimum Gasteiger partial charge on any atom is -0.360 e. The summed E-state index contributed by atoms with van der Waals surface area (Å²) >= 11 is 0. The lowest BCUT2D eigenvalue weighted by atomic mass is 9.95. The Morgan fingerprint density at radius 2 is 2.25 bits per heavy atom. The van der Waals surface area contributed by atoms with E-state index in [0.29, 0.717) is 0 Å². The summed E-state index contributed by atoms with van der Waals surface area (Å²) in [5, 5.41) is 7.72. The molecule has 2 heteroatoms. The van der Waals surface area contributed by atoms with Crippen LogP contribution in [0.2, 0.25) is 0 Å². The van der Waals surface area contributed by atoms with E-state index < -0.39 is 0 Å². The number of nitrogens with one attached hydrogen (secondary N) is 1. The zero-order chi connectivity index (χ0) is 8.97. The molecule has 1 heterocycles. The maximum Gasteiger partial charge on any atom is 0.0954 e. The first kappa shape index (κ1) is 9.56. The molecular formula is C10H20N2. The second-order valence-electron chi connectivity index (χ2n) is 3.66. The summed E-state index contributed by atoms with van der Waals surface area (Å²) in [5.74, 6) is 1.67. The minimum absolute atomic E-state index is 0.827. The van der Waals surface area contributed by atoms with E-state index in [1.54, 1.807) is 0 Å². The van der Waals surface area contributed by atoms with Crippen molar-refractivity contribution in [2.45, 2.75) is 39.5 Å². The Hall–Kier alpha value is -0.530. The molecule has 0 amide bonds. The van der Waals surface area contributed by atoms with Gasteiger partial charge in [-0.3, -0.25) is 5.41 Å². The number of hydrogen-bond donors (Lipinski definition) is 1. The summed E-state index contributed by atoms with van der Waals surface area (Å²) in [6.45, 7) is 6.56. The molecule has 70 valence electrons. The Kier molecular flexibility index (Phi) is 3.57. The zero-order valence-electron chi connectivity index (χ0n) is 8.27. The fourth-order valence-electron chi connectivity index (χ4n) is 1.87. The average molecular weight is 168 g/mol. The molecule has 0 aliphatic carbocycles. The average Bonchev–Trinajstić information content (AvgIpc) is 2.17. The van der Waals surface area contributed by atoms with Gasteiger partial charge in [-0.2, -0.15) is 0 Å². The fraction of sp³-hybridized carbons (Fsp3) is 0.900. The molecule has 1 fully saturated rings. The van der Waals surface area contributed by atoms with E-state index in [4.69, 9.17) is 5.41 Å². The van der Waals surface area contributed by atoms with Crippen LogP contribution in [0.1, 0.15) is 39.5 Å². The van der Waals surface area contributed by atoms with Gasteiger partial charge in [0.25, 0.3) is 0 Å². The number of nitrogens with zero attached hydrogens (tertiary/aromatic N) is 1. The smallest absolute Gasteiger partial charge is 0.0954 e. The topological polar surface area (TPSA) is 27.1 Å². The number of amidine groups is 1. The highest BCUT2D eigenvalue weighted by atomic mass is 15.2. The van der Waals surface area contributed by atoms with Crippen molar-refractivity contribution in [3.05, 3.63) is 0 Å². The van der Waals surface area contributed by atoms with Crippen molar-refractivity contribution in [2.75, 3.05) is 13.1 Å². The van der Waals surface area contributed by atoms with E-state index >= 15 is 0 Å². The zero-order valence-corrected chi connectivity index (χ0v) is 8.27. The molecule has 0 bridgehead atoms. The molecule has 1 rings (SSSR count). The quantitative estimate of drug-likeness (QED) is 0.498. The Morgan fingerprint density at radius 1 is 1.50 bits per heavy atom. The summed E-state index contributed by atoms with van der Waals surface area (Å²) in [5.41, 5.74) is 0. The maximum atomic E-state index is 7.72. The van der Waals surface area contributed by atoms with Crippen LogP contribution in [0.15, 0.2) is 0 Å². The Morgan fingerprint density at radius 3 is 2.83 bits per heavy atom. The lowest BCUT2D eigenvalue weighted by Crippen LogP contribution is -2.38. The monoisotopic (exact) mass is 168 g/mol. The van der Waals surface area contributed by atoms with Crippen LogP contribution in [0.3, 0.4) is 0 Å².